The molecule has 0 saturated carbocycles. The largest absolute Gasteiger partial charge is 0.480 e. The molecule has 4 amide bonds. The van der Waals surface area contributed by atoms with Gasteiger partial charge in [0.25, 0.3) is 0 Å². The fourth-order valence-electron chi connectivity index (χ4n) is 3.40. The predicted molar refractivity (Wildman–Crippen MR) is 158 cm³/mol. The maximum atomic E-state index is 12.0. The number of carbonyl (C=O) groups is 6. The van der Waals surface area contributed by atoms with Gasteiger partial charge in [0, 0.05) is 44.4 Å². The minimum Gasteiger partial charge on any atom is -0.480 e. The number of nitrogens with two attached hydrogens (primary N) is 1. The number of carboxylic acids is 1. The molecule has 0 saturated heterocycles. The highest BCUT2D eigenvalue weighted by molar-refractivity contribution is 5.85. The van der Waals surface area contributed by atoms with Crippen LogP contribution in [-0.2, 0) is 47.7 Å². The van der Waals surface area contributed by atoms with Crippen LogP contribution in [0.3, 0.4) is 0 Å². The third-order valence-corrected chi connectivity index (χ3v) is 5.80. The van der Waals surface area contributed by atoms with E-state index in [0.717, 1.165) is 0 Å². The Balaban J connectivity index is 3.75. The highest BCUT2D eigenvalue weighted by atomic mass is 16.5. The summed E-state index contributed by atoms with van der Waals surface area (Å²) in [7, 11) is 0. The second-order valence-corrected chi connectivity index (χ2v) is 10.3. The van der Waals surface area contributed by atoms with Crippen LogP contribution in [0.15, 0.2) is 0 Å². The van der Waals surface area contributed by atoms with Crippen LogP contribution in [0.1, 0.15) is 59.3 Å². The van der Waals surface area contributed by atoms with E-state index >= 15 is 0 Å². The second kappa shape index (κ2) is 26.2. The zero-order valence-corrected chi connectivity index (χ0v) is 26.2. The topological polar surface area (TPSA) is 234 Å². The Bertz CT molecular complexity index is 873. The summed E-state index contributed by atoms with van der Waals surface area (Å²) in [6.45, 7) is 6.41. The maximum absolute atomic E-state index is 12.0. The first-order valence-electron chi connectivity index (χ1n) is 14.8. The zero-order chi connectivity index (χ0) is 33.2. The third kappa shape index (κ3) is 26.4. The molecule has 0 rings (SSSR count). The van der Waals surface area contributed by atoms with E-state index in [4.69, 9.17) is 24.7 Å². The first-order valence-corrected chi connectivity index (χ1v) is 14.8. The van der Waals surface area contributed by atoms with Crippen LogP contribution in [0.25, 0.3) is 0 Å². The fraction of sp³-hybridized carbons (Fsp3) is 0.786. The molecule has 0 aliphatic carbocycles. The molecule has 0 aromatic carbocycles. The lowest BCUT2D eigenvalue weighted by Gasteiger charge is -2.16. The van der Waals surface area contributed by atoms with Gasteiger partial charge in [0.2, 0.25) is 23.6 Å². The molecule has 0 radical (unpaired) electrons. The molecule has 44 heavy (non-hydrogen) atoms. The molecule has 7 N–H and O–H groups in total. The number of nitrogens with one attached hydrogen (secondary N) is 4. The average Bonchev–Trinajstić information content (AvgIpc) is 2.95. The molecule has 0 aliphatic rings. The number of hydrogen-bond donors (Lipinski definition) is 6. The van der Waals surface area contributed by atoms with Crippen LogP contribution in [0.2, 0.25) is 0 Å². The molecule has 0 fully saturated rings. The molecule has 3 atom stereocenters. The minimum absolute atomic E-state index is 0.0178. The summed E-state index contributed by atoms with van der Waals surface area (Å²) in [5.41, 5.74) is 5.60. The Kier molecular flexibility index (Phi) is 24.3. The highest BCUT2D eigenvalue weighted by Gasteiger charge is 2.21. The van der Waals surface area contributed by atoms with Crippen LogP contribution in [0, 0.1) is 0 Å². The van der Waals surface area contributed by atoms with Gasteiger partial charge >= 0.3 is 5.97 Å². The summed E-state index contributed by atoms with van der Waals surface area (Å²) >= 11 is 0. The van der Waals surface area contributed by atoms with E-state index in [0.29, 0.717) is 38.8 Å². The Morgan fingerprint density at radius 1 is 0.636 bits per heavy atom. The minimum atomic E-state index is -1.27. The van der Waals surface area contributed by atoms with Crippen molar-refractivity contribution in [3.8, 4) is 0 Å². The van der Waals surface area contributed by atoms with Crippen molar-refractivity contribution in [2.24, 2.45) is 5.73 Å². The molecule has 0 aliphatic heterocycles. The van der Waals surface area contributed by atoms with Crippen LogP contribution in [0.5, 0.6) is 0 Å². The molecule has 1 unspecified atom stereocenters. The van der Waals surface area contributed by atoms with E-state index in [-0.39, 0.29) is 101 Å². The number of hydrogen-bond acceptors (Lipinski definition) is 11. The summed E-state index contributed by atoms with van der Waals surface area (Å²) in [4.78, 5) is 69.8. The fourth-order valence-corrected chi connectivity index (χ4v) is 3.40. The first-order chi connectivity index (χ1) is 20.9. The lowest BCUT2D eigenvalue weighted by Crippen LogP contribution is -2.43. The molecule has 0 aromatic rings. The average molecular weight is 634 g/mol. The standard InChI is InChI=1S/C28H51N5O11/c1-20(29)4-8-24(35)30-10-12-41-14-16-43-18-26(37)31-11-13-42-15-17-44-19-27(38)33-23(28(39)40)7-9-25(36)32-21(2)5-6-22(3)34/h20-21,23H,4-19,29H2,1-3H3,(H,30,35)(H,31,37)(H,32,36)(H,33,38)(H,39,40)/t20-,21-,23?/m1/s1. The molecule has 0 bridgehead atoms. The Labute approximate surface area is 258 Å². The monoisotopic (exact) mass is 633 g/mol. The van der Waals surface area contributed by atoms with E-state index in [9.17, 15) is 33.9 Å². The lowest BCUT2D eigenvalue weighted by molar-refractivity contribution is -0.143. The Hall–Kier alpha value is -3.18. The van der Waals surface area contributed by atoms with Crippen molar-refractivity contribution in [1.29, 1.82) is 0 Å². The van der Waals surface area contributed by atoms with Gasteiger partial charge in [-0.2, -0.15) is 0 Å². The van der Waals surface area contributed by atoms with Crippen molar-refractivity contribution in [2.75, 3.05) is 65.9 Å². The van der Waals surface area contributed by atoms with Gasteiger partial charge in [-0.25, -0.2) is 4.79 Å². The third-order valence-electron chi connectivity index (χ3n) is 5.80. The number of aliphatic carboxylic acids is 1. The smallest absolute Gasteiger partial charge is 0.326 e. The Morgan fingerprint density at radius 2 is 1.16 bits per heavy atom. The maximum Gasteiger partial charge on any atom is 0.326 e. The van der Waals surface area contributed by atoms with Crippen molar-refractivity contribution < 1.29 is 52.8 Å². The van der Waals surface area contributed by atoms with E-state index in [1.807, 2.05) is 6.92 Å². The van der Waals surface area contributed by atoms with Gasteiger partial charge in [-0.05, 0) is 40.0 Å². The van der Waals surface area contributed by atoms with Gasteiger partial charge in [-0.15, -0.1) is 0 Å². The summed E-state index contributed by atoms with van der Waals surface area (Å²) in [6, 6.07) is -1.50. The van der Waals surface area contributed by atoms with Gasteiger partial charge in [0.1, 0.15) is 25.0 Å². The highest BCUT2D eigenvalue weighted by Crippen LogP contribution is 2.02. The molecule has 16 heteroatoms. The molecule has 254 valence electrons. The number of ether oxygens (including phenoxy) is 4. The molecular formula is C28H51N5O11. The van der Waals surface area contributed by atoms with Crippen LogP contribution in [-0.4, -0.2) is 125 Å². The van der Waals surface area contributed by atoms with E-state index < -0.39 is 17.9 Å². The molecule has 0 aromatic heterocycles. The molecule has 16 nitrogen and oxygen atoms in total. The predicted octanol–water partition coefficient (Wildman–Crippen LogP) is -1.36. The number of carboxylic acid groups (broad SMARTS) is 1. The van der Waals surface area contributed by atoms with Gasteiger partial charge < -0.3 is 55.8 Å². The second-order valence-electron chi connectivity index (χ2n) is 10.3. The first kappa shape index (κ1) is 40.8. The van der Waals surface area contributed by atoms with Crippen molar-refractivity contribution in [3.05, 3.63) is 0 Å². The number of amides is 4. The molecular weight excluding hydrogens is 582 g/mol. The van der Waals surface area contributed by atoms with Crippen LogP contribution >= 0.6 is 0 Å². The van der Waals surface area contributed by atoms with E-state index in [2.05, 4.69) is 21.3 Å². The van der Waals surface area contributed by atoms with Gasteiger partial charge in [0.15, 0.2) is 0 Å². The zero-order valence-electron chi connectivity index (χ0n) is 26.2. The molecule has 0 spiro atoms. The number of Topliss-reactive ketones (excluding diaryl/α,β-unsaturated/α-hetero) is 1. The van der Waals surface area contributed by atoms with E-state index in [1.54, 1.807) is 6.92 Å². The number of ketones is 1. The summed E-state index contributed by atoms with van der Waals surface area (Å²) in [5.74, 6) is -2.67. The quantitative estimate of drug-likeness (QED) is 0.0548. The SMILES string of the molecule is CC(=O)CC[C@@H](C)NC(=O)CCC(NC(=O)COCCOCCNC(=O)COCCOCCNC(=O)CC[C@@H](C)N)C(=O)O. The summed E-state index contributed by atoms with van der Waals surface area (Å²) < 4.78 is 21.0. The van der Waals surface area contributed by atoms with Crippen molar-refractivity contribution in [3.63, 3.8) is 0 Å². The lowest BCUT2D eigenvalue weighted by atomic mass is 10.1. The summed E-state index contributed by atoms with van der Waals surface area (Å²) in [5, 5.41) is 19.7. The number of carbonyl (C=O) groups excluding carboxylic acids is 5. The van der Waals surface area contributed by atoms with Crippen molar-refractivity contribution >= 4 is 35.4 Å². The Morgan fingerprint density at radius 3 is 1.70 bits per heavy atom. The van der Waals surface area contributed by atoms with Gasteiger partial charge in [0.05, 0.1) is 39.6 Å². The van der Waals surface area contributed by atoms with Gasteiger partial charge in [-0.1, -0.05) is 0 Å². The summed E-state index contributed by atoms with van der Waals surface area (Å²) in [6.07, 6.45) is 1.62. The normalized spacial score (nSPS) is 12.9. The van der Waals surface area contributed by atoms with Crippen molar-refractivity contribution in [2.45, 2.75) is 77.4 Å². The molecule has 0 heterocycles. The van der Waals surface area contributed by atoms with E-state index in [1.165, 1.54) is 6.92 Å². The van der Waals surface area contributed by atoms with Crippen LogP contribution in [0.4, 0.5) is 0 Å². The number of rotatable bonds is 28. The van der Waals surface area contributed by atoms with Gasteiger partial charge in [-0.3, -0.25) is 19.2 Å². The van der Waals surface area contributed by atoms with Crippen LogP contribution < -0.4 is 27.0 Å². The van der Waals surface area contributed by atoms with Crippen molar-refractivity contribution in [1.82, 2.24) is 21.3 Å².